The van der Waals surface area contributed by atoms with Gasteiger partial charge in [0.25, 0.3) is 0 Å². The summed E-state index contributed by atoms with van der Waals surface area (Å²) in [7, 11) is 0. The molecule has 0 aliphatic carbocycles. The molecule has 2 aromatic heterocycles. The second-order valence-corrected chi connectivity index (χ2v) is 14.3. The van der Waals surface area contributed by atoms with E-state index in [0.29, 0.717) is 17.5 Å². The monoisotopic (exact) mass is 727 g/mol. The van der Waals surface area contributed by atoms with Gasteiger partial charge in [-0.05, 0) is 67.1 Å². The van der Waals surface area contributed by atoms with Crippen LogP contribution < -0.4 is 0 Å². The number of hydrogen-bond donors (Lipinski definition) is 0. The molecule has 9 aromatic carbocycles. The molecule has 0 N–H and O–H groups in total. The van der Waals surface area contributed by atoms with Gasteiger partial charge in [-0.3, -0.25) is 0 Å². The molecule has 0 bridgehead atoms. The van der Waals surface area contributed by atoms with Crippen molar-refractivity contribution in [3.8, 4) is 67.5 Å². The van der Waals surface area contributed by atoms with Crippen molar-refractivity contribution in [2.24, 2.45) is 0 Å². The largest absolute Gasteiger partial charge is 0.455 e. The van der Waals surface area contributed by atoms with Crippen molar-refractivity contribution in [1.82, 2.24) is 15.0 Å². The van der Waals surface area contributed by atoms with E-state index in [1.165, 1.54) is 27.3 Å². The predicted octanol–water partition coefficient (Wildman–Crippen LogP) is 14.1. The molecule has 11 aromatic rings. The maximum atomic E-state index is 6.90. The van der Waals surface area contributed by atoms with Gasteiger partial charge >= 0.3 is 0 Å². The quantitative estimate of drug-likeness (QED) is 0.171. The maximum Gasteiger partial charge on any atom is 0.167 e. The third kappa shape index (κ3) is 5.74. The third-order valence-electron chi connectivity index (χ3n) is 11.0. The van der Waals surface area contributed by atoms with Crippen LogP contribution in [-0.4, -0.2) is 15.0 Å². The van der Waals surface area contributed by atoms with Crippen LogP contribution >= 0.6 is 0 Å². The standard InChI is InChI=1S/C53H33N3O/c1-3-13-34(14-4-1)35-25-31-40(32-26-35)52-54-51(39-16-5-2-6-17-39)55-53(56-52)46-24-12-23-45-49-44-21-10-9-20-43(44)47(33-48(49)57-50(45)46)38-29-27-37(28-30-38)42-22-11-18-36-15-7-8-19-41(36)42/h1-33H. The fourth-order valence-corrected chi connectivity index (χ4v) is 8.17. The molecule has 0 aliphatic rings. The second kappa shape index (κ2) is 13.6. The SMILES string of the molecule is c1ccc(-c2ccc(-c3nc(-c4ccccc4)nc(-c4cccc5c4oc4cc(-c6ccc(-c7cccc8ccccc78)cc6)c6ccccc6c45)n3)cc2)cc1. The molecule has 0 saturated heterocycles. The highest BCUT2D eigenvalue weighted by Gasteiger charge is 2.20. The van der Waals surface area contributed by atoms with Gasteiger partial charge in [-0.2, -0.15) is 0 Å². The first-order chi connectivity index (χ1) is 28.2. The zero-order valence-corrected chi connectivity index (χ0v) is 30.8. The zero-order chi connectivity index (χ0) is 37.7. The van der Waals surface area contributed by atoms with Crippen molar-refractivity contribution in [2.75, 3.05) is 0 Å². The fourth-order valence-electron chi connectivity index (χ4n) is 8.17. The highest BCUT2D eigenvalue weighted by molar-refractivity contribution is 6.23. The Morgan fingerprint density at radius 2 is 0.772 bits per heavy atom. The van der Waals surface area contributed by atoms with Gasteiger partial charge in [-0.15, -0.1) is 0 Å². The van der Waals surface area contributed by atoms with E-state index in [2.05, 4.69) is 158 Å². The summed E-state index contributed by atoms with van der Waals surface area (Å²) in [6.07, 6.45) is 0. The predicted molar refractivity (Wildman–Crippen MR) is 235 cm³/mol. The van der Waals surface area contributed by atoms with E-state index in [1.807, 2.05) is 42.5 Å². The molecule has 57 heavy (non-hydrogen) atoms. The molecule has 4 heteroatoms. The summed E-state index contributed by atoms with van der Waals surface area (Å²) in [5.41, 5.74) is 11.2. The lowest BCUT2D eigenvalue weighted by atomic mass is 9.92. The first kappa shape index (κ1) is 32.7. The lowest BCUT2D eigenvalue weighted by molar-refractivity contribution is 0.670. The van der Waals surface area contributed by atoms with Gasteiger partial charge in [0.1, 0.15) is 11.2 Å². The molecule has 266 valence electrons. The molecule has 0 spiro atoms. The summed E-state index contributed by atoms with van der Waals surface area (Å²) in [4.78, 5) is 15.2. The molecule has 0 amide bonds. The van der Waals surface area contributed by atoms with Crippen molar-refractivity contribution < 1.29 is 4.42 Å². The molecule has 0 radical (unpaired) electrons. The first-order valence-corrected chi connectivity index (χ1v) is 19.2. The van der Waals surface area contributed by atoms with Crippen LogP contribution in [0.3, 0.4) is 0 Å². The summed E-state index contributed by atoms with van der Waals surface area (Å²) in [5.74, 6) is 1.77. The van der Waals surface area contributed by atoms with Crippen LogP contribution in [0.2, 0.25) is 0 Å². The maximum absolute atomic E-state index is 6.90. The van der Waals surface area contributed by atoms with E-state index in [-0.39, 0.29) is 0 Å². The van der Waals surface area contributed by atoms with Crippen LogP contribution in [0.4, 0.5) is 0 Å². The third-order valence-corrected chi connectivity index (χ3v) is 11.0. The Labute approximate surface area is 329 Å². The highest BCUT2D eigenvalue weighted by atomic mass is 16.3. The summed E-state index contributed by atoms with van der Waals surface area (Å²) >= 11 is 0. The number of fused-ring (bicyclic) bond motifs is 6. The van der Waals surface area contributed by atoms with Crippen molar-refractivity contribution in [1.29, 1.82) is 0 Å². The minimum absolute atomic E-state index is 0.559. The van der Waals surface area contributed by atoms with Gasteiger partial charge in [0.2, 0.25) is 0 Å². The Bertz CT molecular complexity index is 3260. The zero-order valence-electron chi connectivity index (χ0n) is 30.8. The number of para-hydroxylation sites is 1. The second-order valence-electron chi connectivity index (χ2n) is 14.3. The highest BCUT2D eigenvalue weighted by Crippen LogP contribution is 2.43. The van der Waals surface area contributed by atoms with Gasteiger partial charge in [-0.25, -0.2) is 15.0 Å². The molecule has 11 rings (SSSR count). The van der Waals surface area contributed by atoms with Crippen molar-refractivity contribution >= 4 is 43.5 Å². The van der Waals surface area contributed by atoms with Crippen molar-refractivity contribution in [3.05, 3.63) is 200 Å². The number of rotatable bonds is 6. The van der Waals surface area contributed by atoms with E-state index in [1.54, 1.807) is 0 Å². The van der Waals surface area contributed by atoms with Crippen molar-refractivity contribution in [2.45, 2.75) is 0 Å². The lowest BCUT2D eigenvalue weighted by Crippen LogP contribution is -2.00. The minimum atomic E-state index is 0.559. The molecule has 0 saturated carbocycles. The number of benzene rings is 9. The van der Waals surface area contributed by atoms with Crippen LogP contribution in [-0.2, 0) is 0 Å². The average molecular weight is 728 g/mol. The van der Waals surface area contributed by atoms with Crippen LogP contribution in [0.25, 0.3) is 111 Å². The molecule has 0 fully saturated rings. The Kier molecular flexibility index (Phi) is 7.78. The normalized spacial score (nSPS) is 11.5. The van der Waals surface area contributed by atoms with Crippen LogP contribution in [0.1, 0.15) is 0 Å². The van der Waals surface area contributed by atoms with Crippen LogP contribution in [0.5, 0.6) is 0 Å². The summed E-state index contributed by atoms with van der Waals surface area (Å²) < 4.78 is 6.90. The van der Waals surface area contributed by atoms with E-state index < -0.39 is 0 Å². The molecule has 0 aliphatic heterocycles. The smallest absolute Gasteiger partial charge is 0.167 e. The first-order valence-electron chi connectivity index (χ1n) is 19.2. The summed E-state index contributed by atoms with van der Waals surface area (Å²) in [6, 6.07) is 69.9. The minimum Gasteiger partial charge on any atom is -0.455 e. The number of hydrogen-bond acceptors (Lipinski definition) is 4. The molecule has 4 nitrogen and oxygen atoms in total. The van der Waals surface area contributed by atoms with E-state index >= 15 is 0 Å². The van der Waals surface area contributed by atoms with E-state index in [4.69, 9.17) is 19.4 Å². The molecule has 0 atom stereocenters. The lowest BCUT2D eigenvalue weighted by Gasteiger charge is -2.11. The Morgan fingerprint density at radius 1 is 0.298 bits per heavy atom. The molecule has 2 heterocycles. The van der Waals surface area contributed by atoms with Crippen molar-refractivity contribution in [3.63, 3.8) is 0 Å². The van der Waals surface area contributed by atoms with Gasteiger partial charge in [0, 0.05) is 21.9 Å². The van der Waals surface area contributed by atoms with Gasteiger partial charge in [0.15, 0.2) is 17.5 Å². The van der Waals surface area contributed by atoms with Gasteiger partial charge < -0.3 is 4.42 Å². The van der Waals surface area contributed by atoms with E-state index in [0.717, 1.165) is 66.3 Å². The number of aromatic nitrogens is 3. The number of nitrogens with zero attached hydrogens (tertiary/aromatic N) is 3. The Hall–Kier alpha value is -7.69. The molecule has 0 unspecified atom stereocenters. The fraction of sp³-hybridized carbons (Fsp3) is 0. The van der Waals surface area contributed by atoms with Crippen LogP contribution in [0.15, 0.2) is 205 Å². The number of furan rings is 1. The molecular formula is C53H33N3O. The van der Waals surface area contributed by atoms with Crippen LogP contribution in [0, 0.1) is 0 Å². The topological polar surface area (TPSA) is 51.8 Å². The molecular weight excluding hydrogens is 695 g/mol. The van der Waals surface area contributed by atoms with E-state index in [9.17, 15) is 0 Å². The van der Waals surface area contributed by atoms with Gasteiger partial charge in [-0.1, -0.05) is 188 Å². The summed E-state index contributed by atoms with van der Waals surface area (Å²) in [5, 5.41) is 6.89. The summed E-state index contributed by atoms with van der Waals surface area (Å²) in [6.45, 7) is 0. The Balaban J connectivity index is 1.06. The average Bonchev–Trinajstić information content (AvgIpc) is 3.68. The van der Waals surface area contributed by atoms with Gasteiger partial charge in [0.05, 0.1) is 5.56 Å². The Morgan fingerprint density at radius 3 is 1.51 bits per heavy atom.